The lowest BCUT2D eigenvalue weighted by molar-refractivity contribution is -0.167. The van der Waals surface area contributed by atoms with E-state index in [1.54, 1.807) is 6.92 Å². The predicted molar refractivity (Wildman–Crippen MR) is 75.1 cm³/mol. The van der Waals surface area contributed by atoms with E-state index in [-0.39, 0.29) is 31.2 Å². The molecule has 8 heteroatoms. The van der Waals surface area contributed by atoms with Crippen molar-refractivity contribution in [3.05, 3.63) is 11.5 Å². The van der Waals surface area contributed by atoms with Crippen molar-refractivity contribution < 1.29 is 33.4 Å². The summed E-state index contributed by atoms with van der Waals surface area (Å²) in [5, 5.41) is 2.41. The molecule has 0 aromatic carbocycles. The molecule has 0 aromatic rings. The zero-order valence-electron chi connectivity index (χ0n) is 13.2. The third-order valence-corrected chi connectivity index (χ3v) is 2.24. The lowest BCUT2D eigenvalue weighted by Crippen LogP contribution is -2.28. The summed E-state index contributed by atoms with van der Waals surface area (Å²) in [5.74, 6) is -4.47. The maximum Gasteiger partial charge on any atom is 0.423 e. The average molecular weight is 315 g/mol. The van der Waals surface area contributed by atoms with E-state index in [1.165, 1.54) is 13.8 Å². The van der Waals surface area contributed by atoms with Crippen molar-refractivity contribution in [1.29, 1.82) is 0 Å². The summed E-state index contributed by atoms with van der Waals surface area (Å²) >= 11 is 0. The fourth-order valence-electron chi connectivity index (χ4n) is 1.35. The van der Waals surface area contributed by atoms with E-state index in [1.807, 2.05) is 6.92 Å². The molecule has 124 valence electrons. The maximum atomic E-state index is 11.8. The van der Waals surface area contributed by atoms with E-state index in [2.05, 4.69) is 10.1 Å². The van der Waals surface area contributed by atoms with Gasteiger partial charge in [-0.3, -0.25) is 4.79 Å². The van der Waals surface area contributed by atoms with Crippen molar-refractivity contribution in [2.24, 2.45) is 0 Å². The molecule has 0 radical (unpaired) electrons. The SMILES string of the molecule is CCCC(=O)N/C(C)=C(\OC(=O)C(=O)OCC)C(=O)OCC. The number of carbonyl (C=O) groups is 4. The summed E-state index contributed by atoms with van der Waals surface area (Å²) in [6.45, 7) is 6.27. The second-order valence-electron chi connectivity index (χ2n) is 4.08. The maximum absolute atomic E-state index is 11.8. The fraction of sp³-hybridized carbons (Fsp3) is 0.571. The first-order valence-electron chi connectivity index (χ1n) is 6.94. The van der Waals surface area contributed by atoms with Crippen LogP contribution in [-0.4, -0.2) is 37.0 Å². The van der Waals surface area contributed by atoms with Crippen LogP contribution < -0.4 is 5.32 Å². The minimum Gasteiger partial charge on any atom is -0.460 e. The second-order valence-corrected chi connectivity index (χ2v) is 4.08. The molecule has 0 atom stereocenters. The largest absolute Gasteiger partial charge is 0.460 e. The monoisotopic (exact) mass is 315 g/mol. The normalized spacial score (nSPS) is 11.1. The minimum atomic E-state index is -1.37. The molecule has 0 bridgehead atoms. The summed E-state index contributed by atoms with van der Waals surface area (Å²) in [6.07, 6.45) is 0.843. The number of nitrogens with one attached hydrogen (secondary N) is 1. The average Bonchev–Trinajstić information content (AvgIpc) is 2.44. The van der Waals surface area contributed by atoms with Crippen LogP contribution in [0.3, 0.4) is 0 Å². The number of hydrogen-bond acceptors (Lipinski definition) is 7. The number of ether oxygens (including phenoxy) is 3. The van der Waals surface area contributed by atoms with Crippen LogP contribution in [-0.2, 0) is 33.4 Å². The molecular formula is C14H21NO7. The van der Waals surface area contributed by atoms with Gasteiger partial charge in [0, 0.05) is 6.42 Å². The van der Waals surface area contributed by atoms with Crippen molar-refractivity contribution in [3.8, 4) is 0 Å². The van der Waals surface area contributed by atoms with Gasteiger partial charge in [-0.1, -0.05) is 6.92 Å². The zero-order valence-corrected chi connectivity index (χ0v) is 13.2. The molecule has 8 nitrogen and oxygen atoms in total. The summed E-state index contributed by atoms with van der Waals surface area (Å²) in [7, 11) is 0. The van der Waals surface area contributed by atoms with Gasteiger partial charge in [0.15, 0.2) is 0 Å². The van der Waals surface area contributed by atoms with Crippen molar-refractivity contribution in [2.45, 2.75) is 40.5 Å². The molecule has 0 heterocycles. The van der Waals surface area contributed by atoms with Gasteiger partial charge < -0.3 is 19.5 Å². The third kappa shape index (κ3) is 6.87. The lowest BCUT2D eigenvalue weighted by Gasteiger charge is -2.12. The van der Waals surface area contributed by atoms with Crippen LogP contribution in [0.5, 0.6) is 0 Å². The van der Waals surface area contributed by atoms with Crippen LogP contribution in [0.1, 0.15) is 40.5 Å². The number of allylic oxidation sites excluding steroid dienone is 1. The molecule has 22 heavy (non-hydrogen) atoms. The fourth-order valence-corrected chi connectivity index (χ4v) is 1.35. The molecule has 1 N–H and O–H groups in total. The summed E-state index contributed by atoms with van der Waals surface area (Å²) < 4.78 is 13.9. The van der Waals surface area contributed by atoms with Gasteiger partial charge in [-0.2, -0.15) is 0 Å². The first-order valence-corrected chi connectivity index (χ1v) is 6.94. The van der Waals surface area contributed by atoms with Gasteiger partial charge in [-0.15, -0.1) is 0 Å². The Balaban J connectivity index is 5.19. The van der Waals surface area contributed by atoms with Gasteiger partial charge in [0.2, 0.25) is 11.7 Å². The molecule has 0 fully saturated rings. The topological polar surface area (TPSA) is 108 Å². The van der Waals surface area contributed by atoms with E-state index in [4.69, 9.17) is 9.47 Å². The zero-order chi connectivity index (χ0) is 17.1. The molecule has 0 aliphatic rings. The number of esters is 3. The van der Waals surface area contributed by atoms with Crippen LogP contribution >= 0.6 is 0 Å². The van der Waals surface area contributed by atoms with Crippen LogP contribution in [0.15, 0.2) is 11.5 Å². The van der Waals surface area contributed by atoms with Crippen LogP contribution in [0.2, 0.25) is 0 Å². The Kier molecular flexibility index (Phi) is 9.24. The highest BCUT2D eigenvalue weighted by atomic mass is 16.6. The standard InChI is InChI=1S/C14H21NO7/c1-5-8-10(16)15-9(4)11(12(17)20-6-2)22-14(19)13(18)21-7-3/h5-8H2,1-4H3,(H,15,16)/b11-9-. The van der Waals surface area contributed by atoms with Crippen molar-refractivity contribution in [3.63, 3.8) is 0 Å². The van der Waals surface area contributed by atoms with Gasteiger partial charge >= 0.3 is 17.9 Å². The van der Waals surface area contributed by atoms with Gasteiger partial charge in [-0.05, 0) is 27.2 Å². The number of carbonyl (C=O) groups excluding carboxylic acids is 4. The van der Waals surface area contributed by atoms with Gasteiger partial charge in [0.1, 0.15) is 0 Å². The van der Waals surface area contributed by atoms with Gasteiger partial charge in [0.25, 0.3) is 0 Å². The molecular weight excluding hydrogens is 294 g/mol. The predicted octanol–water partition coefficient (Wildman–Crippen LogP) is 0.804. The molecule has 0 aromatic heterocycles. The Morgan fingerprint density at radius 2 is 1.41 bits per heavy atom. The number of hydrogen-bond donors (Lipinski definition) is 1. The van der Waals surface area contributed by atoms with Crippen LogP contribution in [0.4, 0.5) is 0 Å². The second kappa shape index (κ2) is 10.4. The Labute approximate surface area is 128 Å². The molecule has 0 rings (SSSR count). The summed E-state index contributed by atoms with van der Waals surface area (Å²) in [4.78, 5) is 46.1. The van der Waals surface area contributed by atoms with Gasteiger partial charge in [-0.25, -0.2) is 14.4 Å². The van der Waals surface area contributed by atoms with E-state index in [0.29, 0.717) is 6.42 Å². The first kappa shape index (κ1) is 19.6. The molecule has 0 saturated heterocycles. The minimum absolute atomic E-state index is 0.0153. The van der Waals surface area contributed by atoms with Crippen molar-refractivity contribution in [2.75, 3.05) is 13.2 Å². The summed E-state index contributed by atoms with van der Waals surface area (Å²) in [6, 6.07) is 0. The van der Waals surface area contributed by atoms with E-state index < -0.39 is 23.7 Å². The Morgan fingerprint density at radius 3 is 1.91 bits per heavy atom. The quantitative estimate of drug-likeness (QED) is 0.243. The Bertz CT molecular complexity index is 468. The highest BCUT2D eigenvalue weighted by molar-refractivity contribution is 6.30. The molecule has 0 spiro atoms. The third-order valence-electron chi connectivity index (χ3n) is 2.24. The van der Waals surface area contributed by atoms with E-state index in [0.717, 1.165) is 0 Å². The Hall–Kier alpha value is -2.38. The molecule has 0 aliphatic heterocycles. The first-order chi connectivity index (χ1) is 10.4. The highest BCUT2D eigenvalue weighted by Crippen LogP contribution is 2.08. The number of rotatable bonds is 7. The van der Waals surface area contributed by atoms with E-state index >= 15 is 0 Å². The highest BCUT2D eigenvalue weighted by Gasteiger charge is 2.26. The van der Waals surface area contributed by atoms with Crippen molar-refractivity contribution >= 4 is 23.8 Å². The summed E-state index contributed by atoms with van der Waals surface area (Å²) in [5.41, 5.74) is -0.0189. The van der Waals surface area contributed by atoms with Crippen molar-refractivity contribution in [1.82, 2.24) is 5.32 Å². The number of amides is 1. The molecule has 1 amide bonds. The van der Waals surface area contributed by atoms with Crippen LogP contribution in [0.25, 0.3) is 0 Å². The lowest BCUT2D eigenvalue weighted by atomic mass is 10.3. The smallest absolute Gasteiger partial charge is 0.423 e. The molecule has 0 unspecified atom stereocenters. The molecule has 0 aliphatic carbocycles. The van der Waals surface area contributed by atoms with Gasteiger partial charge in [0.05, 0.1) is 18.9 Å². The molecule has 0 saturated carbocycles. The Morgan fingerprint density at radius 1 is 0.864 bits per heavy atom. The van der Waals surface area contributed by atoms with E-state index in [9.17, 15) is 19.2 Å². The van der Waals surface area contributed by atoms with Crippen LogP contribution in [0, 0.1) is 0 Å².